The van der Waals surface area contributed by atoms with E-state index < -0.39 is 42.7 Å². The molecule has 3 aromatic carbocycles. The highest BCUT2D eigenvalue weighted by Crippen LogP contribution is 2.49. The van der Waals surface area contributed by atoms with E-state index in [9.17, 15) is 34.3 Å². The number of nitrogens with one attached hydrogen (secondary N) is 2. The Morgan fingerprint density at radius 3 is 2.05 bits per heavy atom. The normalized spacial score (nSPS) is 16.8. The van der Waals surface area contributed by atoms with Gasteiger partial charge in [-0.05, 0) is 41.7 Å². The molecule has 1 unspecified atom stereocenters. The Morgan fingerprint density at radius 2 is 1.47 bits per heavy atom. The number of aliphatic hydroxyl groups is 1. The number of carboxylic acids is 1. The van der Waals surface area contributed by atoms with Crippen LogP contribution in [-0.4, -0.2) is 51.0 Å². The molecule has 0 aromatic heterocycles. The predicted octanol–water partition coefficient (Wildman–Crippen LogP) is 4.44. The Bertz CT molecular complexity index is 1410. The highest BCUT2D eigenvalue weighted by atomic mass is 31.1. The van der Waals surface area contributed by atoms with Crippen molar-refractivity contribution in [3.63, 3.8) is 0 Å². The lowest BCUT2D eigenvalue weighted by Gasteiger charge is -2.34. The molecule has 0 saturated heterocycles. The van der Waals surface area contributed by atoms with E-state index in [2.05, 4.69) is 10.6 Å². The van der Waals surface area contributed by atoms with Crippen LogP contribution in [0.25, 0.3) is 0 Å². The first-order valence-corrected chi connectivity index (χ1v) is 15.8. The molecule has 0 aliphatic heterocycles. The molecule has 0 spiro atoms. The van der Waals surface area contributed by atoms with Gasteiger partial charge in [-0.2, -0.15) is 0 Å². The van der Waals surface area contributed by atoms with Gasteiger partial charge in [0.1, 0.15) is 26.2 Å². The zero-order chi connectivity index (χ0) is 30.9. The highest BCUT2D eigenvalue weighted by molar-refractivity contribution is 7.46. The number of hydrogen-bond donors (Lipinski definition) is 5. The minimum absolute atomic E-state index is 0.0145. The molecule has 5 N–H and O–H groups in total. The van der Waals surface area contributed by atoms with Crippen LogP contribution in [0.15, 0.2) is 84.9 Å². The lowest BCUT2D eigenvalue weighted by atomic mass is 9.87. The molecular weight excluding hydrogens is 571 g/mol. The molecule has 0 radical (unpaired) electrons. The number of rotatable bonds is 13. The van der Waals surface area contributed by atoms with Crippen LogP contribution in [0.5, 0.6) is 5.75 Å². The molecule has 0 heterocycles. The molecule has 10 nitrogen and oxygen atoms in total. The topological polar surface area (TPSA) is 162 Å². The summed E-state index contributed by atoms with van der Waals surface area (Å²) in [7, 11) is -3.15. The lowest BCUT2D eigenvalue weighted by Crippen LogP contribution is -2.52. The summed E-state index contributed by atoms with van der Waals surface area (Å²) in [6.45, 7) is -0.0566. The smallest absolute Gasteiger partial charge is 0.410 e. The molecule has 3 aromatic rings. The summed E-state index contributed by atoms with van der Waals surface area (Å²) >= 11 is 0. The summed E-state index contributed by atoms with van der Waals surface area (Å²) in [4.78, 5) is 38.6. The quantitative estimate of drug-likeness (QED) is 0.141. The second kappa shape index (κ2) is 14.4. The van der Waals surface area contributed by atoms with Gasteiger partial charge in [0, 0.05) is 19.0 Å². The van der Waals surface area contributed by atoms with Crippen LogP contribution in [0.3, 0.4) is 0 Å². The monoisotopic (exact) mass is 608 g/mol. The average Bonchev–Trinajstić information content (AvgIpc) is 3.47. The van der Waals surface area contributed by atoms with E-state index >= 15 is 0 Å². The van der Waals surface area contributed by atoms with E-state index in [4.69, 9.17) is 4.74 Å². The van der Waals surface area contributed by atoms with Gasteiger partial charge in [0.2, 0.25) is 5.91 Å². The Labute approximate surface area is 250 Å². The third kappa shape index (κ3) is 8.69. The zero-order valence-corrected chi connectivity index (χ0v) is 24.7. The van der Waals surface area contributed by atoms with Crippen molar-refractivity contribution in [1.29, 1.82) is 0 Å². The van der Waals surface area contributed by atoms with E-state index in [1.165, 1.54) is 12.1 Å². The number of carbonyl (C=O) groups is 3. The summed E-state index contributed by atoms with van der Waals surface area (Å²) in [6.07, 6.45) is 0.690. The molecule has 4 rings (SSSR count). The summed E-state index contributed by atoms with van der Waals surface area (Å²) in [5.41, 5.74) is -1.42. The van der Waals surface area contributed by atoms with Crippen molar-refractivity contribution in [3.8, 4) is 5.75 Å². The van der Waals surface area contributed by atoms with Gasteiger partial charge in [0.15, 0.2) is 5.47 Å². The molecular formula is C32H37N2O8P. The number of aromatic hydroxyl groups is 1. The van der Waals surface area contributed by atoms with Crippen LogP contribution < -0.4 is 10.6 Å². The number of alkyl carbamates (subject to hydrolysis) is 1. The van der Waals surface area contributed by atoms with Gasteiger partial charge in [-0.15, -0.1) is 0 Å². The Kier molecular flexibility index (Phi) is 10.6. The fourth-order valence-corrected chi connectivity index (χ4v) is 7.46. The van der Waals surface area contributed by atoms with Crippen molar-refractivity contribution in [2.24, 2.45) is 5.41 Å². The molecule has 2 amide bonds. The summed E-state index contributed by atoms with van der Waals surface area (Å²) in [5, 5.41) is 36.2. The van der Waals surface area contributed by atoms with Crippen molar-refractivity contribution in [1.82, 2.24) is 10.6 Å². The molecule has 228 valence electrons. The van der Waals surface area contributed by atoms with Crippen molar-refractivity contribution < 1.29 is 39.0 Å². The number of phenolic OH excluding ortho intramolecular Hbond substituents is 1. The fraction of sp³-hybridized carbons (Fsp3) is 0.344. The Morgan fingerprint density at radius 1 is 0.884 bits per heavy atom. The van der Waals surface area contributed by atoms with E-state index in [1.54, 1.807) is 66.7 Å². The van der Waals surface area contributed by atoms with Crippen molar-refractivity contribution in [3.05, 3.63) is 102 Å². The third-order valence-corrected chi connectivity index (χ3v) is 10.0. The number of amides is 2. The van der Waals surface area contributed by atoms with Crippen LogP contribution in [0.2, 0.25) is 0 Å². The Balaban J connectivity index is 1.52. The molecule has 43 heavy (non-hydrogen) atoms. The molecule has 1 fully saturated rings. The molecule has 1 aliphatic rings. The van der Waals surface area contributed by atoms with Crippen LogP contribution in [0.1, 0.15) is 42.4 Å². The number of carbonyl (C=O) groups excluding carboxylic acids is 2. The van der Waals surface area contributed by atoms with Crippen LogP contribution in [0.4, 0.5) is 4.79 Å². The molecule has 11 heteroatoms. The van der Waals surface area contributed by atoms with Gasteiger partial charge < -0.3 is 29.9 Å². The minimum Gasteiger partial charge on any atom is -0.508 e. The predicted molar refractivity (Wildman–Crippen MR) is 161 cm³/mol. The third-order valence-electron chi connectivity index (χ3n) is 7.81. The highest BCUT2D eigenvalue weighted by Gasteiger charge is 2.48. The molecule has 3 atom stereocenters. The Hall–Kier alpha value is -4.14. The second-order valence-electron chi connectivity index (χ2n) is 11.0. The number of benzene rings is 3. The number of aliphatic carboxylic acids is 1. The van der Waals surface area contributed by atoms with E-state index in [0.29, 0.717) is 36.8 Å². The molecule has 0 bridgehead atoms. The van der Waals surface area contributed by atoms with Gasteiger partial charge in [0.25, 0.3) is 0 Å². The first-order chi connectivity index (χ1) is 20.6. The zero-order valence-electron chi connectivity index (χ0n) is 23.7. The van der Waals surface area contributed by atoms with Crippen LogP contribution in [0, 0.1) is 5.41 Å². The van der Waals surface area contributed by atoms with Gasteiger partial charge >= 0.3 is 12.1 Å². The fourth-order valence-electron chi connectivity index (χ4n) is 5.40. The maximum absolute atomic E-state index is 14.0. The van der Waals surface area contributed by atoms with Gasteiger partial charge in [-0.1, -0.05) is 85.6 Å². The molecule has 1 saturated carbocycles. The summed E-state index contributed by atoms with van der Waals surface area (Å²) in [5.74, 6) is -1.75. The van der Waals surface area contributed by atoms with E-state index in [-0.39, 0.29) is 31.4 Å². The largest absolute Gasteiger partial charge is 0.508 e. The summed E-state index contributed by atoms with van der Waals surface area (Å²) in [6, 6.07) is 22.5. The van der Waals surface area contributed by atoms with Gasteiger partial charge in [-0.25, -0.2) is 9.59 Å². The maximum Gasteiger partial charge on any atom is 0.410 e. The average molecular weight is 609 g/mol. The van der Waals surface area contributed by atoms with Gasteiger partial charge in [-0.3, -0.25) is 10.1 Å². The summed E-state index contributed by atoms with van der Waals surface area (Å²) < 4.78 is 19.3. The van der Waals surface area contributed by atoms with E-state index in [1.807, 2.05) is 6.07 Å². The lowest BCUT2D eigenvalue weighted by molar-refractivity contribution is -0.143. The standard InChI is InChI=1S/C32H37N2O8P/c35-26-15-13-23(14-16-26)19-27(28(36)37)33-29(38)31(17-7-8-18-31)22-43(41)32(40,20-24-9-3-1-4-10-24)34-30(39)42-21-25-11-5-2-6-12-25/h1-6,9-16,27,35,40,43H,7-8,17-22H2,(H,33,38)(H,34,39)(H,36,37)/t27-,32+/m0/s1. The van der Waals surface area contributed by atoms with Gasteiger partial charge in [0.05, 0.1) is 5.41 Å². The molecule has 1 aliphatic carbocycles. The first-order valence-electron chi connectivity index (χ1n) is 14.2. The SMILES string of the molecule is O=C(N[C@@](O)(Cc1ccccc1)[PH](=O)CC1(C(=O)N[C@@H](Cc2ccc(O)cc2)C(=O)O)CCCC1)OCc1ccccc1. The first kappa shape index (κ1) is 31.8. The van der Waals surface area contributed by atoms with Crippen molar-refractivity contribution in [2.45, 2.75) is 56.6 Å². The number of hydrogen-bond acceptors (Lipinski definition) is 7. The maximum atomic E-state index is 14.0. The second-order valence-corrected chi connectivity index (χ2v) is 13.1. The van der Waals surface area contributed by atoms with Crippen molar-refractivity contribution in [2.75, 3.05) is 6.16 Å². The number of phenols is 1. The van der Waals surface area contributed by atoms with E-state index in [0.717, 1.165) is 5.56 Å². The minimum atomic E-state index is -3.15. The number of carboxylic acid groups (broad SMARTS) is 1. The van der Waals surface area contributed by atoms with Crippen molar-refractivity contribution >= 4 is 25.8 Å². The van der Waals surface area contributed by atoms with Crippen LogP contribution in [-0.2, 0) is 38.3 Å². The number of ether oxygens (including phenoxy) is 1. The van der Waals surface area contributed by atoms with Crippen LogP contribution >= 0.6 is 7.80 Å².